The van der Waals surface area contributed by atoms with Crippen LogP contribution in [0.5, 0.6) is 11.5 Å². The zero-order valence-corrected chi connectivity index (χ0v) is 25.9. The Morgan fingerprint density at radius 1 is 0.809 bits per heavy atom. The Labute approximate surface area is 270 Å². The first-order chi connectivity index (χ1) is 22.5. The molecule has 1 heterocycles. The fraction of sp³-hybridized carbons (Fsp3) is 0.242. The number of hydrogen-bond acceptors (Lipinski definition) is 9. The predicted molar refractivity (Wildman–Crippen MR) is 164 cm³/mol. The Kier molecular flexibility index (Phi) is 11.1. The topological polar surface area (TPSA) is 173 Å². The summed E-state index contributed by atoms with van der Waals surface area (Å²) in [5.74, 6) is -4.67. The van der Waals surface area contributed by atoms with Crippen LogP contribution in [0.4, 0.5) is 4.79 Å². The smallest absolute Gasteiger partial charge is 0.325 e. The number of nitrogens with one attached hydrogen (secondary N) is 3. The highest BCUT2D eigenvalue weighted by Gasteiger charge is 2.38. The van der Waals surface area contributed by atoms with Gasteiger partial charge in [0.1, 0.15) is 6.04 Å². The predicted octanol–water partition coefficient (Wildman–Crippen LogP) is 0.841. The number of likely N-dealkylation sites (N-methyl/N-ethyl adjacent to an activating group) is 1. The van der Waals surface area contributed by atoms with Gasteiger partial charge < -0.3 is 19.7 Å². The highest BCUT2D eigenvalue weighted by molar-refractivity contribution is 6.38. The molecule has 0 aliphatic carbocycles. The van der Waals surface area contributed by atoms with E-state index in [1.807, 2.05) is 12.1 Å². The number of piperazine rings is 1. The van der Waals surface area contributed by atoms with E-state index in [0.29, 0.717) is 22.4 Å². The fourth-order valence-electron chi connectivity index (χ4n) is 5.08. The van der Waals surface area contributed by atoms with Crippen LogP contribution in [0.1, 0.15) is 49.5 Å². The molecule has 3 aromatic carbocycles. The molecule has 3 aromatic rings. The third kappa shape index (κ3) is 8.23. The lowest BCUT2D eigenvalue weighted by Crippen LogP contribution is -3.18. The molecule has 3 N–H and O–H groups in total. The summed E-state index contributed by atoms with van der Waals surface area (Å²) in [7, 11) is 0. The molecule has 14 heteroatoms. The minimum absolute atomic E-state index is 0.0372. The Balaban J connectivity index is 1.73. The molecule has 0 radical (unpaired) electrons. The van der Waals surface area contributed by atoms with Crippen molar-refractivity contribution in [3.63, 3.8) is 0 Å². The number of nitrogens with zero attached hydrogens (tertiary/aromatic N) is 2. The summed E-state index contributed by atoms with van der Waals surface area (Å²) in [6.07, 6.45) is 0.502. The van der Waals surface area contributed by atoms with Crippen molar-refractivity contribution in [3.05, 3.63) is 95.6 Å². The van der Waals surface area contributed by atoms with Crippen LogP contribution in [0.25, 0.3) is 0 Å². The first-order valence-corrected chi connectivity index (χ1v) is 14.7. The maximum absolute atomic E-state index is 14.1. The van der Waals surface area contributed by atoms with Crippen LogP contribution < -0.4 is 25.2 Å². The van der Waals surface area contributed by atoms with Crippen LogP contribution in [0, 0.1) is 0 Å². The molecular weight excluding hydrogens is 610 g/mol. The van der Waals surface area contributed by atoms with E-state index in [-0.39, 0.29) is 41.7 Å². The van der Waals surface area contributed by atoms with Crippen LogP contribution in [-0.2, 0) is 28.8 Å². The highest BCUT2D eigenvalue weighted by atomic mass is 16.6. The van der Waals surface area contributed by atoms with Crippen LogP contribution >= 0.6 is 0 Å². The SMILES string of the molecule is CCN1CCN(C(=O)NC(C(=O)N[NH+](C=O)C(c2ccccc2)c2ccccc2)c2ccc(OC(C)=O)c(OC(C)=O)c2)C(=O)C1=O. The molecule has 1 fully saturated rings. The molecule has 0 bridgehead atoms. The molecule has 4 rings (SSSR count). The van der Waals surface area contributed by atoms with E-state index >= 15 is 0 Å². The molecule has 1 saturated heterocycles. The van der Waals surface area contributed by atoms with Gasteiger partial charge in [-0.1, -0.05) is 66.7 Å². The molecule has 2 unspecified atom stereocenters. The Morgan fingerprint density at radius 3 is 1.91 bits per heavy atom. The third-order valence-corrected chi connectivity index (χ3v) is 7.25. The largest absolute Gasteiger partial charge is 0.423 e. The van der Waals surface area contributed by atoms with Gasteiger partial charge in [-0.05, 0) is 24.6 Å². The molecule has 0 aromatic heterocycles. The van der Waals surface area contributed by atoms with E-state index in [2.05, 4.69) is 10.7 Å². The first-order valence-electron chi connectivity index (χ1n) is 14.7. The average molecular weight is 645 g/mol. The first kappa shape index (κ1) is 34.0. The van der Waals surface area contributed by atoms with Gasteiger partial charge in [0.25, 0.3) is 5.91 Å². The van der Waals surface area contributed by atoms with Crippen molar-refractivity contribution in [2.45, 2.75) is 32.9 Å². The molecule has 2 atom stereocenters. The molecule has 0 saturated carbocycles. The third-order valence-electron chi connectivity index (χ3n) is 7.25. The number of urea groups is 1. The average Bonchev–Trinajstić information content (AvgIpc) is 3.05. The molecule has 14 nitrogen and oxygen atoms in total. The fourth-order valence-corrected chi connectivity index (χ4v) is 5.08. The van der Waals surface area contributed by atoms with Gasteiger partial charge in [-0.2, -0.15) is 10.4 Å². The Morgan fingerprint density at radius 2 is 1.38 bits per heavy atom. The van der Waals surface area contributed by atoms with Crippen molar-refractivity contribution < 1.29 is 48.0 Å². The van der Waals surface area contributed by atoms with Crippen molar-refractivity contribution >= 4 is 42.1 Å². The summed E-state index contributed by atoms with van der Waals surface area (Å²) in [6, 6.07) is 18.4. The molecule has 1 aliphatic rings. The highest BCUT2D eigenvalue weighted by Crippen LogP contribution is 2.31. The number of quaternary nitrogens is 1. The molecule has 1 aliphatic heterocycles. The van der Waals surface area contributed by atoms with E-state index in [0.717, 1.165) is 13.8 Å². The number of hydrogen-bond donors (Lipinski definition) is 3. The lowest BCUT2D eigenvalue weighted by Gasteiger charge is -2.33. The van der Waals surface area contributed by atoms with E-state index < -0.39 is 47.8 Å². The normalized spacial score (nSPS) is 14.2. The lowest BCUT2D eigenvalue weighted by molar-refractivity contribution is -0.876. The van der Waals surface area contributed by atoms with Gasteiger partial charge in [0, 0.05) is 44.6 Å². The van der Waals surface area contributed by atoms with Crippen LogP contribution in [-0.4, -0.2) is 71.5 Å². The van der Waals surface area contributed by atoms with Gasteiger partial charge >= 0.3 is 36.2 Å². The lowest BCUT2D eigenvalue weighted by atomic mass is 9.98. The van der Waals surface area contributed by atoms with Gasteiger partial charge in [-0.3, -0.25) is 28.9 Å². The zero-order valence-electron chi connectivity index (χ0n) is 25.9. The van der Waals surface area contributed by atoms with Crippen LogP contribution in [0.2, 0.25) is 0 Å². The van der Waals surface area contributed by atoms with Crippen LogP contribution in [0.15, 0.2) is 78.9 Å². The summed E-state index contributed by atoms with van der Waals surface area (Å²) in [4.78, 5) is 90.9. The monoisotopic (exact) mass is 644 g/mol. The number of amides is 6. The van der Waals surface area contributed by atoms with Crippen molar-refractivity contribution in [1.29, 1.82) is 0 Å². The zero-order chi connectivity index (χ0) is 34.1. The quantitative estimate of drug-likeness (QED) is 0.0899. The second-order valence-corrected chi connectivity index (χ2v) is 10.4. The maximum atomic E-state index is 14.1. The van der Waals surface area contributed by atoms with Crippen molar-refractivity contribution in [2.24, 2.45) is 0 Å². The number of carbonyl (C=O) groups is 7. The second kappa shape index (κ2) is 15.4. The van der Waals surface area contributed by atoms with E-state index in [1.165, 1.54) is 23.1 Å². The summed E-state index contributed by atoms with van der Waals surface area (Å²) < 4.78 is 10.3. The van der Waals surface area contributed by atoms with Gasteiger partial charge in [0.05, 0.1) is 0 Å². The molecule has 6 amide bonds. The number of benzene rings is 3. The number of rotatable bonds is 11. The molecule has 47 heavy (non-hydrogen) atoms. The van der Waals surface area contributed by atoms with E-state index in [9.17, 15) is 33.6 Å². The molecular formula is C33H34N5O9+. The van der Waals surface area contributed by atoms with E-state index in [1.54, 1.807) is 55.5 Å². The Bertz CT molecular complexity index is 1630. The molecule has 244 valence electrons. The summed E-state index contributed by atoms with van der Waals surface area (Å²) in [6.45, 7) is 4.20. The minimum Gasteiger partial charge on any atom is -0.423 e. The second-order valence-electron chi connectivity index (χ2n) is 10.4. The van der Waals surface area contributed by atoms with Gasteiger partial charge in [-0.25, -0.2) is 9.59 Å². The number of esters is 2. The number of imide groups is 1. The van der Waals surface area contributed by atoms with Gasteiger partial charge in [-0.15, -0.1) is 0 Å². The summed E-state index contributed by atoms with van der Waals surface area (Å²) in [5.41, 5.74) is 4.07. The summed E-state index contributed by atoms with van der Waals surface area (Å²) in [5, 5.41) is 2.43. The van der Waals surface area contributed by atoms with Crippen molar-refractivity contribution in [2.75, 3.05) is 19.6 Å². The van der Waals surface area contributed by atoms with Crippen molar-refractivity contribution in [1.82, 2.24) is 20.5 Å². The maximum Gasteiger partial charge on any atom is 0.325 e. The number of carbonyl (C=O) groups excluding carboxylic acids is 7. The Hall–Kier alpha value is -5.89. The van der Waals surface area contributed by atoms with Gasteiger partial charge in [0.15, 0.2) is 17.5 Å². The standard InChI is InChI=1S/C33H33N5O9/c1-4-36-17-18-37(32(44)31(36)43)33(45)34-28(25-15-16-26(46-21(2)40)27(19-25)47-22(3)41)30(42)35-38(20-39)29(23-11-7-5-8-12-23)24-13-9-6-10-14-24/h5-16,19-20,28-29H,4,17-18H2,1-3H3,(H,34,45)(H,35,42)/p+1. The summed E-state index contributed by atoms with van der Waals surface area (Å²) >= 11 is 0. The number of ether oxygens (including phenoxy) is 2. The van der Waals surface area contributed by atoms with Gasteiger partial charge in [0.2, 0.25) is 0 Å². The minimum atomic E-state index is -1.60. The van der Waals surface area contributed by atoms with E-state index in [4.69, 9.17) is 9.47 Å². The molecule has 0 spiro atoms. The van der Waals surface area contributed by atoms with Crippen LogP contribution in [0.3, 0.4) is 0 Å². The van der Waals surface area contributed by atoms with Crippen molar-refractivity contribution in [3.8, 4) is 11.5 Å².